The molecule has 7 nitrogen and oxygen atoms in total. The number of nitrogens with one attached hydrogen (secondary N) is 2. The Morgan fingerprint density at radius 1 is 1.35 bits per heavy atom. The Morgan fingerprint density at radius 3 is 2.53 bits per heavy atom. The van der Waals surface area contributed by atoms with Gasteiger partial charge >= 0.3 is 12.0 Å². The van der Waals surface area contributed by atoms with Crippen LogP contribution in [0.4, 0.5) is 4.79 Å². The molecule has 1 aliphatic rings. The highest BCUT2D eigenvalue weighted by atomic mass is 16.4. The van der Waals surface area contributed by atoms with Gasteiger partial charge in [0, 0.05) is 6.04 Å². The maximum absolute atomic E-state index is 11.5. The minimum atomic E-state index is -0.907. The fraction of sp³-hybridized carbons (Fsp3) is 0.700. The average molecular weight is 243 g/mol. The summed E-state index contributed by atoms with van der Waals surface area (Å²) < 4.78 is 0. The van der Waals surface area contributed by atoms with Crippen LogP contribution in [0.15, 0.2) is 0 Å². The Bertz CT molecular complexity index is 332. The van der Waals surface area contributed by atoms with E-state index in [1.165, 1.54) is 6.92 Å². The van der Waals surface area contributed by atoms with E-state index in [4.69, 9.17) is 10.8 Å². The van der Waals surface area contributed by atoms with Crippen LogP contribution in [0.5, 0.6) is 0 Å². The van der Waals surface area contributed by atoms with Crippen LogP contribution in [0.2, 0.25) is 0 Å². The van der Waals surface area contributed by atoms with E-state index < -0.39 is 29.9 Å². The molecule has 3 atom stereocenters. The Morgan fingerprint density at radius 2 is 2.00 bits per heavy atom. The maximum atomic E-state index is 11.5. The van der Waals surface area contributed by atoms with Gasteiger partial charge in [0.2, 0.25) is 5.91 Å². The zero-order valence-electron chi connectivity index (χ0n) is 9.60. The van der Waals surface area contributed by atoms with Gasteiger partial charge in [-0.05, 0) is 19.8 Å². The van der Waals surface area contributed by atoms with Gasteiger partial charge < -0.3 is 21.5 Å². The molecule has 3 unspecified atom stereocenters. The van der Waals surface area contributed by atoms with E-state index in [1.54, 1.807) is 0 Å². The van der Waals surface area contributed by atoms with Crippen LogP contribution >= 0.6 is 0 Å². The summed E-state index contributed by atoms with van der Waals surface area (Å²) in [5, 5.41) is 13.8. The van der Waals surface area contributed by atoms with Gasteiger partial charge in [0.15, 0.2) is 0 Å². The number of nitrogens with two attached hydrogens (primary N) is 1. The number of rotatable bonds is 4. The lowest BCUT2D eigenvalue weighted by molar-refractivity contribution is -0.142. The second-order valence-electron chi connectivity index (χ2n) is 4.22. The number of carboxylic acids is 1. The number of aliphatic carboxylic acids is 1. The van der Waals surface area contributed by atoms with Gasteiger partial charge in [-0.3, -0.25) is 9.59 Å². The van der Waals surface area contributed by atoms with Gasteiger partial charge in [-0.25, -0.2) is 4.79 Å². The van der Waals surface area contributed by atoms with Crippen molar-refractivity contribution in [1.82, 2.24) is 10.6 Å². The van der Waals surface area contributed by atoms with E-state index in [-0.39, 0.29) is 6.04 Å². The third-order valence-corrected chi connectivity index (χ3v) is 2.92. The number of urea groups is 1. The van der Waals surface area contributed by atoms with Crippen LogP contribution in [0, 0.1) is 5.92 Å². The van der Waals surface area contributed by atoms with Crippen molar-refractivity contribution in [2.45, 2.75) is 38.3 Å². The van der Waals surface area contributed by atoms with E-state index in [2.05, 4.69) is 10.6 Å². The number of hydrogen-bond acceptors (Lipinski definition) is 3. The van der Waals surface area contributed by atoms with Crippen LogP contribution in [0.25, 0.3) is 0 Å². The van der Waals surface area contributed by atoms with E-state index in [1.807, 2.05) is 0 Å². The Balaban J connectivity index is 2.45. The first-order chi connectivity index (χ1) is 7.91. The molecule has 0 heterocycles. The monoisotopic (exact) mass is 243 g/mol. The lowest BCUT2D eigenvalue weighted by Crippen LogP contribution is -2.51. The van der Waals surface area contributed by atoms with Crippen LogP contribution in [0.1, 0.15) is 26.2 Å². The van der Waals surface area contributed by atoms with Gasteiger partial charge in [-0.2, -0.15) is 0 Å². The van der Waals surface area contributed by atoms with E-state index in [0.29, 0.717) is 12.8 Å². The molecule has 0 radical (unpaired) electrons. The number of primary amides is 1. The summed E-state index contributed by atoms with van der Waals surface area (Å²) in [6.07, 6.45) is 1.97. The van der Waals surface area contributed by atoms with E-state index >= 15 is 0 Å². The maximum Gasteiger partial charge on any atom is 0.315 e. The number of amides is 3. The Kier molecular flexibility index (Phi) is 4.30. The van der Waals surface area contributed by atoms with Crippen LogP contribution in [0.3, 0.4) is 0 Å². The summed E-state index contributed by atoms with van der Waals surface area (Å²) in [5.74, 6) is -2.10. The van der Waals surface area contributed by atoms with Gasteiger partial charge in [0.25, 0.3) is 0 Å². The van der Waals surface area contributed by atoms with Crippen molar-refractivity contribution in [3.63, 3.8) is 0 Å². The molecule has 1 fully saturated rings. The number of carboxylic acid groups (broad SMARTS) is 1. The van der Waals surface area contributed by atoms with Gasteiger partial charge in [-0.1, -0.05) is 6.42 Å². The minimum absolute atomic E-state index is 0.382. The second kappa shape index (κ2) is 5.51. The fourth-order valence-electron chi connectivity index (χ4n) is 1.91. The summed E-state index contributed by atoms with van der Waals surface area (Å²) in [7, 11) is 0. The Hall–Kier alpha value is -1.79. The van der Waals surface area contributed by atoms with Crippen molar-refractivity contribution in [1.29, 1.82) is 0 Å². The Labute approximate surface area is 98.7 Å². The normalized spacial score (nSPS) is 25.0. The zero-order valence-corrected chi connectivity index (χ0v) is 9.60. The highest BCUT2D eigenvalue weighted by Crippen LogP contribution is 2.25. The summed E-state index contributed by atoms with van der Waals surface area (Å²) >= 11 is 0. The molecule has 0 spiro atoms. The van der Waals surface area contributed by atoms with Crippen molar-refractivity contribution in [2.75, 3.05) is 0 Å². The predicted molar refractivity (Wildman–Crippen MR) is 59.1 cm³/mol. The SMILES string of the molecule is CC(NC(=O)NC1CCCC1C(=O)O)C(N)=O. The summed E-state index contributed by atoms with van der Waals surface area (Å²) in [4.78, 5) is 33.1. The lowest BCUT2D eigenvalue weighted by atomic mass is 10.0. The topological polar surface area (TPSA) is 122 Å². The molecule has 1 saturated carbocycles. The third kappa shape index (κ3) is 3.61. The number of carbonyl (C=O) groups is 3. The molecule has 1 aliphatic carbocycles. The second-order valence-corrected chi connectivity index (χ2v) is 4.22. The first-order valence-corrected chi connectivity index (χ1v) is 5.51. The van der Waals surface area contributed by atoms with Crippen molar-refractivity contribution >= 4 is 17.9 Å². The fourth-order valence-corrected chi connectivity index (χ4v) is 1.91. The molecular weight excluding hydrogens is 226 g/mol. The summed E-state index contributed by atoms with van der Waals surface area (Å²) in [6, 6.07) is -1.72. The molecule has 0 aromatic heterocycles. The smallest absolute Gasteiger partial charge is 0.315 e. The molecule has 1 rings (SSSR count). The van der Waals surface area contributed by atoms with Gasteiger partial charge in [0.1, 0.15) is 6.04 Å². The van der Waals surface area contributed by atoms with E-state index in [0.717, 1.165) is 6.42 Å². The third-order valence-electron chi connectivity index (χ3n) is 2.92. The molecule has 5 N–H and O–H groups in total. The molecule has 3 amide bonds. The van der Waals surface area contributed by atoms with Crippen molar-refractivity contribution in [3.05, 3.63) is 0 Å². The molecule has 0 bridgehead atoms. The van der Waals surface area contributed by atoms with Crippen molar-refractivity contribution in [3.8, 4) is 0 Å². The zero-order chi connectivity index (χ0) is 13.0. The highest BCUT2D eigenvalue weighted by Gasteiger charge is 2.34. The largest absolute Gasteiger partial charge is 0.481 e. The van der Waals surface area contributed by atoms with Crippen molar-refractivity contribution in [2.24, 2.45) is 11.7 Å². The lowest BCUT2D eigenvalue weighted by Gasteiger charge is -2.19. The average Bonchev–Trinajstić information content (AvgIpc) is 2.65. The molecule has 0 aromatic carbocycles. The first kappa shape index (κ1) is 13.3. The summed E-state index contributed by atoms with van der Waals surface area (Å²) in [5.41, 5.74) is 4.99. The molecule has 0 aromatic rings. The minimum Gasteiger partial charge on any atom is -0.481 e. The van der Waals surface area contributed by atoms with Crippen LogP contribution in [-0.4, -0.2) is 35.1 Å². The number of carbonyl (C=O) groups excluding carboxylic acids is 2. The molecule has 17 heavy (non-hydrogen) atoms. The van der Waals surface area contributed by atoms with E-state index in [9.17, 15) is 14.4 Å². The standard InChI is InChI=1S/C10H17N3O4/c1-5(8(11)14)12-10(17)13-7-4-2-3-6(7)9(15)16/h5-7H,2-4H2,1H3,(H2,11,14)(H,15,16)(H2,12,13,17). The van der Waals surface area contributed by atoms with Crippen molar-refractivity contribution < 1.29 is 19.5 Å². The summed E-state index contributed by atoms with van der Waals surface area (Å²) in [6.45, 7) is 1.46. The number of hydrogen-bond donors (Lipinski definition) is 4. The first-order valence-electron chi connectivity index (χ1n) is 5.51. The van der Waals surface area contributed by atoms with Gasteiger partial charge in [0.05, 0.1) is 5.92 Å². The highest BCUT2D eigenvalue weighted by molar-refractivity contribution is 5.85. The molecule has 0 aliphatic heterocycles. The molecule has 7 heteroatoms. The quantitative estimate of drug-likeness (QED) is 0.527. The molecular formula is C10H17N3O4. The molecule has 96 valence electrons. The molecule has 0 saturated heterocycles. The predicted octanol–water partition coefficient (Wildman–Crippen LogP) is -0.587. The van der Waals surface area contributed by atoms with Crippen LogP contribution < -0.4 is 16.4 Å². The van der Waals surface area contributed by atoms with Gasteiger partial charge in [-0.15, -0.1) is 0 Å². The van der Waals surface area contributed by atoms with Crippen LogP contribution in [-0.2, 0) is 9.59 Å².